The lowest BCUT2D eigenvalue weighted by molar-refractivity contribution is -0.153. The molecule has 0 saturated carbocycles. The smallest absolute Gasteiger partial charge is 0.339 e. The predicted octanol–water partition coefficient (Wildman–Crippen LogP) is 1.36. The Labute approximate surface area is 107 Å². The number of hydrogen-bond acceptors (Lipinski definition) is 5. The molecule has 5 nitrogen and oxygen atoms in total. The van der Waals surface area contributed by atoms with Crippen molar-refractivity contribution in [1.29, 1.82) is 0 Å². The van der Waals surface area contributed by atoms with Crippen LogP contribution in [0, 0.1) is 0 Å². The summed E-state index contributed by atoms with van der Waals surface area (Å²) in [6.07, 6.45) is -1.32. The number of aliphatic hydroxyl groups excluding tert-OH is 1. The van der Waals surface area contributed by atoms with Gasteiger partial charge in [-0.3, -0.25) is 0 Å². The summed E-state index contributed by atoms with van der Waals surface area (Å²) >= 11 is 0. The Morgan fingerprint density at radius 1 is 1.44 bits per heavy atom. The summed E-state index contributed by atoms with van der Waals surface area (Å²) in [5.41, 5.74) is 1.33. The first-order valence-corrected chi connectivity index (χ1v) is 5.71. The summed E-state index contributed by atoms with van der Waals surface area (Å²) in [4.78, 5) is 13.4. The molecule has 0 amide bonds. The number of nitrogens with zero attached hydrogens (tertiary/aromatic N) is 1. The van der Waals surface area contributed by atoms with Crippen molar-refractivity contribution in [3.05, 3.63) is 23.8 Å². The van der Waals surface area contributed by atoms with Crippen molar-refractivity contribution in [2.45, 2.75) is 13.0 Å². The maximum absolute atomic E-state index is 11.5. The van der Waals surface area contributed by atoms with E-state index in [-0.39, 0.29) is 6.61 Å². The number of esters is 1. The molecule has 100 valence electrons. The Morgan fingerprint density at radius 2 is 2.11 bits per heavy atom. The number of hydrogen-bond donors (Lipinski definition) is 1. The minimum absolute atomic E-state index is 0.230. The lowest BCUT2D eigenvalue weighted by Gasteiger charge is -2.18. The van der Waals surface area contributed by atoms with Crippen LogP contribution in [0.3, 0.4) is 0 Å². The highest BCUT2D eigenvalue weighted by atomic mass is 16.5. The number of carbonyl (C=O) groups is 1. The number of methoxy groups -OCH3 is 1. The van der Waals surface area contributed by atoms with Gasteiger partial charge in [0, 0.05) is 31.4 Å². The maximum Gasteiger partial charge on any atom is 0.339 e. The fourth-order valence-corrected chi connectivity index (χ4v) is 1.55. The van der Waals surface area contributed by atoms with Crippen molar-refractivity contribution in [3.63, 3.8) is 0 Å². The van der Waals surface area contributed by atoms with E-state index >= 15 is 0 Å². The minimum Gasteiger partial charge on any atom is -0.496 e. The molecule has 1 unspecified atom stereocenters. The van der Waals surface area contributed by atoms with Crippen molar-refractivity contribution in [2.75, 3.05) is 32.7 Å². The molecule has 0 spiro atoms. The first kappa shape index (κ1) is 14.3. The molecule has 0 saturated heterocycles. The molecule has 0 aromatic heterocycles. The third-order valence-corrected chi connectivity index (χ3v) is 2.54. The number of benzene rings is 1. The van der Waals surface area contributed by atoms with Gasteiger partial charge >= 0.3 is 5.97 Å². The molecule has 1 aromatic rings. The van der Waals surface area contributed by atoms with Crippen LogP contribution in [0.15, 0.2) is 18.2 Å². The van der Waals surface area contributed by atoms with E-state index < -0.39 is 12.1 Å². The Hall–Kier alpha value is -1.75. The summed E-state index contributed by atoms with van der Waals surface area (Å²) in [7, 11) is 5.29. The summed E-state index contributed by atoms with van der Waals surface area (Å²) in [5.74, 6) is -0.213. The first-order valence-electron chi connectivity index (χ1n) is 5.71. The van der Waals surface area contributed by atoms with E-state index in [2.05, 4.69) is 0 Å². The predicted molar refractivity (Wildman–Crippen MR) is 68.9 cm³/mol. The van der Waals surface area contributed by atoms with Crippen LogP contribution < -0.4 is 9.64 Å². The summed E-state index contributed by atoms with van der Waals surface area (Å²) < 4.78 is 9.97. The maximum atomic E-state index is 11.5. The fraction of sp³-hybridized carbons (Fsp3) is 0.462. The third kappa shape index (κ3) is 3.13. The monoisotopic (exact) mass is 253 g/mol. The van der Waals surface area contributed by atoms with Gasteiger partial charge in [-0.1, -0.05) is 6.07 Å². The Bertz CT molecular complexity index is 417. The first-order chi connectivity index (χ1) is 8.51. The van der Waals surface area contributed by atoms with Crippen molar-refractivity contribution in [1.82, 2.24) is 0 Å². The second-order valence-corrected chi connectivity index (χ2v) is 3.98. The molecule has 1 N–H and O–H groups in total. The highest BCUT2D eigenvalue weighted by molar-refractivity contribution is 5.77. The van der Waals surface area contributed by atoms with Crippen molar-refractivity contribution >= 4 is 11.7 Å². The van der Waals surface area contributed by atoms with E-state index in [1.807, 2.05) is 19.0 Å². The molecule has 0 aliphatic rings. The average molecular weight is 253 g/mol. The van der Waals surface area contributed by atoms with Gasteiger partial charge in [-0.15, -0.1) is 0 Å². The van der Waals surface area contributed by atoms with E-state index in [1.165, 1.54) is 7.11 Å². The summed E-state index contributed by atoms with van der Waals surface area (Å²) in [5, 5.41) is 9.89. The molecule has 0 radical (unpaired) electrons. The molecule has 18 heavy (non-hydrogen) atoms. The standard InChI is InChI=1S/C13H19NO4/c1-5-18-13(16)12(15)10-7-6-9(14(2)3)8-11(10)17-4/h6-8,12,15H,5H2,1-4H3. The van der Waals surface area contributed by atoms with Gasteiger partial charge in [-0.05, 0) is 13.0 Å². The zero-order chi connectivity index (χ0) is 13.7. The summed E-state index contributed by atoms with van der Waals surface area (Å²) in [6.45, 7) is 1.92. The van der Waals surface area contributed by atoms with Crippen LogP contribution in [-0.2, 0) is 9.53 Å². The number of carbonyl (C=O) groups excluding carboxylic acids is 1. The van der Waals surface area contributed by atoms with Gasteiger partial charge in [0.2, 0.25) is 0 Å². The van der Waals surface area contributed by atoms with Crippen molar-refractivity contribution in [3.8, 4) is 5.75 Å². The molecule has 0 heterocycles. The van der Waals surface area contributed by atoms with Crippen molar-refractivity contribution in [2.24, 2.45) is 0 Å². The average Bonchev–Trinajstić information content (AvgIpc) is 2.37. The van der Waals surface area contributed by atoms with Crippen LogP contribution in [0.2, 0.25) is 0 Å². The molecule has 1 atom stereocenters. The van der Waals surface area contributed by atoms with Gasteiger partial charge < -0.3 is 19.5 Å². The summed E-state index contributed by atoms with van der Waals surface area (Å²) in [6, 6.07) is 5.23. The van der Waals surface area contributed by atoms with Gasteiger partial charge in [-0.25, -0.2) is 4.79 Å². The molecule has 0 bridgehead atoms. The number of aliphatic hydroxyl groups is 1. The molecule has 1 rings (SSSR count). The second kappa shape index (κ2) is 6.26. The zero-order valence-corrected chi connectivity index (χ0v) is 11.1. The quantitative estimate of drug-likeness (QED) is 0.803. The fourth-order valence-electron chi connectivity index (χ4n) is 1.55. The van der Waals surface area contributed by atoms with Gasteiger partial charge in [0.15, 0.2) is 6.10 Å². The van der Waals surface area contributed by atoms with Crippen LogP contribution in [0.1, 0.15) is 18.6 Å². The SMILES string of the molecule is CCOC(=O)C(O)c1ccc(N(C)C)cc1OC. The Morgan fingerprint density at radius 3 is 2.61 bits per heavy atom. The molecule has 0 aliphatic carbocycles. The van der Waals surface area contributed by atoms with Crippen LogP contribution in [-0.4, -0.2) is 38.9 Å². The minimum atomic E-state index is -1.32. The molecule has 0 fully saturated rings. The number of rotatable bonds is 5. The molecule has 1 aromatic carbocycles. The van der Waals surface area contributed by atoms with Crippen molar-refractivity contribution < 1.29 is 19.4 Å². The van der Waals surface area contributed by atoms with Gasteiger partial charge in [-0.2, -0.15) is 0 Å². The number of ether oxygens (including phenoxy) is 2. The van der Waals surface area contributed by atoms with Gasteiger partial charge in [0.05, 0.1) is 13.7 Å². The lowest BCUT2D eigenvalue weighted by Crippen LogP contribution is -2.16. The van der Waals surface area contributed by atoms with E-state index in [0.29, 0.717) is 11.3 Å². The van der Waals surface area contributed by atoms with Crippen LogP contribution in [0.25, 0.3) is 0 Å². The van der Waals surface area contributed by atoms with Gasteiger partial charge in [0.25, 0.3) is 0 Å². The van der Waals surface area contributed by atoms with E-state index in [9.17, 15) is 9.90 Å². The second-order valence-electron chi connectivity index (χ2n) is 3.98. The van der Waals surface area contributed by atoms with E-state index in [1.54, 1.807) is 25.1 Å². The molecular formula is C13H19NO4. The largest absolute Gasteiger partial charge is 0.496 e. The lowest BCUT2D eigenvalue weighted by atomic mass is 10.1. The number of anilines is 1. The Balaban J connectivity index is 3.05. The third-order valence-electron chi connectivity index (χ3n) is 2.54. The normalized spacial score (nSPS) is 11.8. The zero-order valence-electron chi connectivity index (χ0n) is 11.1. The molecule has 5 heteroatoms. The van der Waals surface area contributed by atoms with Gasteiger partial charge in [0.1, 0.15) is 5.75 Å². The molecular weight excluding hydrogens is 234 g/mol. The van der Waals surface area contributed by atoms with E-state index in [4.69, 9.17) is 9.47 Å². The van der Waals surface area contributed by atoms with Crippen LogP contribution in [0.5, 0.6) is 5.75 Å². The van der Waals surface area contributed by atoms with Crippen LogP contribution in [0.4, 0.5) is 5.69 Å². The van der Waals surface area contributed by atoms with E-state index in [0.717, 1.165) is 5.69 Å². The topological polar surface area (TPSA) is 59.0 Å². The molecule has 0 aliphatic heterocycles. The van der Waals surface area contributed by atoms with Crippen LogP contribution >= 0.6 is 0 Å². The highest BCUT2D eigenvalue weighted by Crippen LogP contribution is 2.30. The highest BCUT2D eigenvalue weighted by Gasteiger charge is 2.22. The Kier molecular flexibility index (Phi) is 4.97.